The monoisotopic (exact) mass is 996 g/mol. The summed E-state index contributed by atoms with van der Waals surface area (Å²) >= 11 is 0. The van der Waals surface area contributed by atoms with Gasteiger partial charge in [-0.25, -0.2) is 0 Å². The normalized spacial score (nSPS) is 12.9. The van der Waals surface area contributed by atoms with E-state index >= 15 is 0 Å². The molecule has 0 saturated carbocycles. The third-order valence-electron chi connectivity index (χ3n) is 14.3. The summed E-state index contributed by atoms with van der Waals surface area (Å²) in [5.74, 6) is -0.172. The molecular weight excluding hydrogens is 875 g/mol. The largest absolute Gasteiger partial charge is 0.466 e. The zero-order valence-electron chi connectivity index (χ0n) is 47.5. The van der Waals surface area contributed by atoms with Crippen LogP contribution in [0.4, 0.5) is 0 Å². The van der Waals surface area contributed by atoms with Gasteiger partial charge in [0, 0.05) is 12.8 Å². The summed E-state index contributed by atoms with van der Waals surface area (Å²) < 4.78 is 5.46. The summed E-state index contributed by atoms with van der Waals surface area (Å²) in [6, 6.07) is -0.674. The van der Waals surface area contributed by atoms with E-state index in [0.717, 1.165) is 51.4 Å². The maximum absolute atomic E-state index is 12.5. The quantitative estimate of drug-likeness (QED) is 0.0321. The standard InChI is InChI=1S/C65H121NO5/c1-3-5-7-9-11-13-15-17-19-21-22-23-24-25-26-27-28-29-30-33-37-41-45-49-53-57-63(68)62(61-67)66-64(69)58-54-50-46-42-38-34-32-36-40-44-48-52-56-60-71-65(70)59-55-51-47-43-39-35-31-20-18-16-14-12-10-8-6-4-2/h20,31,34,38,46,50,53,57,62-63,67-68H,3-19,21-30,32-33,35-37,39-45,47-49,51-52,54-56,58-61H2,1-2H3,(H,66,69)/b31-20-,38-34-,50-46-,57-53+. The summed E-state index contributed by atoms with van der Waals surface area (Å²) in [6.07, 6.45) is 77.4. The van der Waals surface area contributed by atoms with Gasteiger partial charge in [-0.15, -0.1) is 0 Å². The topological polar surface area (TPSA) is 95.9 Å². The fraction of sp³-hybridized carbons (Fsp3) is 0.846. The van der Waals surface area contributed by atoms with E-state index in [4.69, 9.17) is 4.74 Å². The highest BCUT2D eigenvalue weighted by molar-refractivity contribution is 5.76. The van der Waals surface area contributed by atoms with Crippen molar-refractivity contribution < 1.29 is 24.5 Å². The Bertz CT molecular complexity index is 1190. The maximum atomic E-state index is 12.5. The Hall–Kier alpha value is -2.18. The van der Waals surface area contributed by atoms with Crippen LogP contribution >= 0.6 is 0 Å². The minimum absolute atomic E-state index is 0.0256. The van der Waals surface area contributed by atoms with E-state index in [-0.39, 0.29) is 18.5 Å². The molecule has 0 bridgehead atoms. The van der Waals surface area contributed by atoms with Crippen LogP contribution in [-0.4, -0.2) is 47.4 Å². The van der Waals surface area contributed by atoms with Crippen LogP contribution in [0.15, 0.2) is 48.6 Å². The molecule has 0 saturated heterocycles. The van der Waals surface area contributed by atoms with E-state index in [9.17, 15) is 19.8 Å². The van der Waals surface area contributed by atoms with E-state index in [0.29, 0.717) is 25.9 Å². The van der Waals surface area contributed by atoms with Crippen LogP contribution in [0.2, 0.25) is 0 Å². The van der Waals surface area contributed by atoms with Crippen molar-refractivity contribution in [3.63, 3.8) is 0 Å². The van der Waals surface area contributed by atoms with Gasteiger partial charge >= 0.3 is 5.97 Å². The van der Waals surface area contributed by atoms with Crippen molar-refractivity contribution in [2.45, 2.75) is 341 Å². The number of allylic oxidation sites excluding steroid dienone is 7. The van der Waals surface area contributed by atoms with Gasteiger partial charge in [0.2, 0.25) is 5.91 Å². The number of hydrogen-bond donors (Lipinski definition) is 3. The molecular formula is C65H121NO5. The Morgan fingerprint density at radius 1 is 0.394 bits per heavy atom. The molecule has 0 aromatic rings. The van der Waals surface area contributed by atoms with Gasteiger partial charge in [-0.3, -0.25) is 9.59 Å². The molecule has 0 aromatic carbocycles. The van der Waals surface area contributed by atoms with Crippen molar-refractivity contribution in [3.8, 4) is 0 Å². The minimum atomic E-state index is -0.882. The molecule has 0 radical (unpaired) electrons. The molecule has 0 fully saturated rings. The van der Waals surface area contributed by atoms with E-state index < -0.39 is 12.1 Å². The van der Waals surface area contributed by atoms with Crippen molar-refractivity contribution >= 4 is 11.9 Å². The molecule has 6 nitrogen and oxygen atoms in total. The number of esters is 1. The first-order valence-corrected chi connectivity index (χ1v) is 31.4. The lowest BCUT2D eigenvalue weighted by Crippen LogP contribution is -2.45. The van der Waals surface area contributed by atoms with Gasteiger partial charge in [-0.1, -0.05) is 287 Å². The van der Waals surface area contributed by atoms with Crippen LogP contribution in [0, 0.1) is 0 Å². The SMILES string of the molecule is CCCCCCCCC/C=C\CCCCCCCC(=O)OCCCCCCCC/C=C\C/C=C\CCC(=O)NC(CO)C(O)/C=C/CCCCCCCCCCCCCCCCCCCCCCCCC. The molecule has 6 heteroatoms. The van der Waals surface area contributed by atoms with Gasteiger partial charge < -0.3 is 20.3 Å². The van der Waals surface area contributed by atoms with Crippen LogP contribution in [0.1, 0.15) is 328 Å². The Labute approximate surface area is 442 Å². The Morgan fingerprint density at radius 2 is 0.718 bits per heavy atom. The number of amides is 1. The average Bonchev–Trinajstić information content (AvgIpc) is 3.37. The molecule has 2 atom stereocenters. The first kappa shape index (κ1) is 68.8. The summed E-state index contributed by atoms with van der Waals surface area (Å²) in [4.78, 5) is 24.5. The van der Waals surface area contributed by atoms with Crippen LogP contribution in [0.3, 0.4) is 0 Å². The summed E-state index contributed by atoms with van der Waals surface area (Å²) in [7, 11) is 0. The van der Waals surface area contributed by atoms with Crippen LogP contribution < -0.4 is 5.32 Å². The van der Waals surface area contributed by atoms with Crippen molar-refractivity contribution in [1.82, 2.24) is 5.32 Å². The van der Waals surface area contributed by atoms with Gasteiger partial charge in [0.25, 0.3) is 0 Å². The van der Waals surface area contributed by atoms with Crippen molar-refractivity contribution in [2.24, 2.45) is 0 Å². The smallest absolute Gasteiger partial charge is 0.305 e. The number of carbonyl (C=O) groups is 2. The second-order valence-electron chi connectivity index (χ2n) is 21.4. The summed E-state index contributed by atoms with van der Waals surface area (Å²) in [6.45, 7) is 4.85. The lowest BCUT2D eigenvalue weighted by Gasteiger charge is -2.19. The Balaban J connectivity index is 3.56. The highest BCUT2D eigenvalue weighted by atomic mass is 16.5. The highest BCUT2D eigenvalue weighted by Crippen LogP contribution is 2.17. The second-order valence-corrected chi connectivity index (χ2v) is 21.4. The number of carbonyl (C=O) groups excluding carboxylic acids is 2. The predicted molar refractivity (Wildman–Crippen MR) is 310 cm³/mol. The molecule has 0 heterocycles. The lowest BCUT2D eigenvalue weighted by atomic mass is 10.0. The predicted octanol–water partition coefficient (Wildman–Crippen LogP) is 19.7. The van der Waals surface area contributed by atoms with Gasteiger partial charge in [0.05, 0.1) is 25.4 Å². The van der Waals surface area contributed by atoms with Gasteiger partial charge in [0.15, 0.2) is 0 Å². The third kappa shape index (κ3) is 57.0. The average molecular weight is 997 g/mol. The molecule has 2 unspecified atom stereocenters. The van der Waals surface area contributed by atoms with Gasteiger partial charge in [-0.05, 0) is 77.0 Å². The van der Waals surface area contributed by atoms with Crippen molar-refractivity contribution in [3.05, 3.63) is 48.6 Å². The van der Waals surface area contributed by atoms with E-state index in [2.05, 4.69) is 49.5 Å². The van der Waals surface area contributed by atoms with E-state index in [1.807, 2.05) is 12.2 Å². The Kier molecular flexibility index (Phi) is 58.5. The molecule has 71 heavy (non-hydrogen) atoms. The molecule has 0 spiro atoms. The Morgan fingerprint density at radius 3 is 1.11 bits per heavy atom. The van der Waals surface area contributed by atoms with Crippen molar-refractivity contribution in [2.75, 3.05) is 13.2 Å². The van der Waals surface area contributed by atoms with Crippen LogP contribution in [0.25, 0.3) is 0 Å². The zero-order valence-corrected chi connectivity index (χ0v) is 47.5. The second kappa shape index (κ2) is 60.4. The lowest BCUT2D eigenvalue weighted by molar-refractivity contribution is -0.143. The highest BCUT2D eigenvalue weighted by Gasteiger charge is 2.17. The zero-order chi connectivity index (χ0) is 51.4. The number of hydrogen-bond acceptors (Lipinski definition) is 5. The number of aliphatic hydroxyl groups excluding tert-OH is 2. The number of nitrogens with one attached hydrogen (secondary N) is 1. The van der Waals surface area contributed by atoms with Crippen LogP contribution in [-0.2, 0) is 14.3 Å². The molecule has 416 valence electrons. The molecule has 0 aliphatic rings. The molecule has 0 aliphatic heterocycles. The first-order chi connectivity index (χ1) is 35.0. The minimum Gasteiger partial charge on any atom is -0.466 e. The van der Waals surface area contributed by atoms with E-state index in [1.54, 1.807) is 6.08 Å². The van der Waals surface area contributed by atoms with Crippen molar-refractivity contribution in [1.29, 1.82) is 0 Å². The maximum Gasteiger partial charge on any atom is 0.305 e. The van der Waals surface area contributed by atoms with Gasteiger partial charge in [-0.2, -0.15) is 0 Å². The van der Waals surface area contributed by atoms with E-state index in [1.165, 1.54) is 244 Å². The fourth-order valence-corrected chi connectivity index (χ4v) is 9.50. The third-order valence-corrected chi connectivity index (χ3v) is 14.3. The number of ether oxygens (including phenoxy) is 1. The first-order valence-electron chi connectivity index (χ1n) is 31.4. The molecule has 0 aromatic heterocycles. The molecule has 1 amide bonds. The molecule has 0 aliphatic carbocycles. The molecule has 0 rings (SSSR count). The van der Waals surface area contributed by atoms with Gasteiger partial charge in [0.1, 0.15) is 0 Å². The van der Waals surface area contributed by atoms with Crippen LogP contribution in [0.5, 0.6) is 0 Å². The number of rotatable bonds is 58. The number of unbranched alkanes of at least 4 members (excludes halogenated alkanes) is 41. The fourth-order valence-electron chi connectivity index (χ4n) is 9.50. The summed E-state index contributed by atoms with van der Waals surface area (Å²) in [5, 5.41) is 23.1. The number of aliphatic hydroxyl groups is 2. The summed E-state index contributed by atoms with van der Waals surface area (Å²) in [5.41, 5.74) is 0. The molecule has 3 N–H and O–H groups in total.